The number of hydrogen-bond acceptors (Lipinski definition) is 3. The molecule has 8 heteroatoms. The number of nitrogens with zero attached hydrogens (tertiary/aromatic N) is 3. The molecule has 2 aromatic rings. The lowest BCUT2D eigenvalue weighted by atomic mass is 9.64. The van der Waals surface area contributed by atoms with E-state index >= 15 is 0 Å². The highest BCUT2D eigenvalue weighted by Crippen LogP contribution is 2.51. The van der Waals surface area contributed by atoms with Crippen molar-refractivity contribution in [3.05, 3.63) is 23.3 Å². The van der Waals surface area contributed by atoms with Crippen LogP contribution in [0.3, 0.4) is 0 Å². The Kier molecular flexibility index (Phi) is 2.90. The summed E-state index contributed by atoms with van der Waals surface area (Å²) >= 11 is 0. The minimum Gasteiger partial charge on any atom is -0.367 e. The van der Waals surface area contributed by atoms with E-state index in [4.69, 9.17) is 5.73 Å². The number of nitrogen functional groups attached to an aromatic ring is 1. The third-order valence-electron chi connectivity index (χ3n) is 4.42. The third-order valence-corrected chi connectivity index (χ3v) is 4.42. The molecule has 2 heterocycles. The van der Waals surface area contributed by atoms with Crippen molar-refractivity contribution in [1.29, 1.82) is 0 Å². The van der Waals surface area contributed by atoms with Gasteiger partial charge in [0.05, 0.1) is 11.9 Å². The Morgan fingerprint density at radius 2 is 2.05 bits per heavy atom. The van der Waals surface area contributed by atoms with Gasteiger partial charge in [-0.05, 0) is 19.3 Å². The van der Waals surface area contributed by atoms with Crippen LogP contribution in [0.1, 0.15) is 43.9 Å². The number of alkyl halides is 3. The summed E-state index contributed by atoms with van der Waals surface area (Å²) < 4.78 is 55.3. The first-order valence-electron chi connectivity index (χ1n) is 6.70. The quantitative estimate of drug-likeness (QED) is 0.866. The SMILES string of the molecule is CCC1(c2c(C(F)(F)F)c(F)c3cnc(N)nn23)CCC1. The molecular weight excluding hydrogens is 288 g/mol. The van der Waals surface area contributed by atoms with Crippen molar-refractivity contribution in [3.63, 3.8) is 0 Å². The van der Waals surface area contributed by atoms with Crippen molar-refractivity contribution in [3.8, 4) is 0 Å². The fraction of sp³-hybridized carbons (Fsp3) is 0.538. The summed E-state index contributed by atoms with van der Waals surface area (Å²) in [4.78, 5) is 3.59. The van der Waals surface area contributed by atoms with Gasteiger partial charge in [0.1, 0.15) is 11.1 Å². The highest BCUT2D eigenvalue weighted by molar-refractivity contribution is 5.56. The van der Waals surface area contributed by atoms with Crippen molar-refractivity contribution >= 4 is 11.5 Å². The molecule has 21 heavy (non-hydrogen) atoms. The summed E-state index contributed by atoms with van der Waals surface area (Å²) in [5, 5.41) is 3.81. The second-order valence-electron chi connectivity index (χ2n) is 5.44. The molecule has 114 valence electrons. The van der Waals surface area contributed by atoms with Crippen molar-refractivity contribution in [2.75, 3.05) is 5.73 Å². The van der Waals surface area contributed by atoms with Gasteiger partial charge in [-0.3, -0.25) is 0 Å². The lowest BCUT2D eigenvalue weighted by Crippen LogP contribution is -2.37. The van der Waals surface area contributed by atoms with Gasteiger partial charge in [0.2, 0.25) is 5.95 Å². The molecule has 3 rings (SSSR count). The van der Waals surface area contributed by atoms with Gasteiger partial charge in [0.15, 0.2) is 5.82 Å². The van der Waals surface area contributed by atoms with Crippen LogP contribution in [0.25, 0.3) is 5.52 Å². The second-order valence-corrected chi connectivity index (χ2v) is 5.44. The molecule has 2 aromatic heterocycles. The smallest absolute Gasteiger partial charge is 0.367 e. The van der Waals surface area contributed by atoms with E-state index in [1.165, 1.54) is 0 Å². The molecule has 0 aliphatic heterocycles. The maximum Gasteiger partial charge on any atom is 0.421 e. The molecule has 1 aliphatic rings. The van der Waals surface area contributed by atoms with Crippen LogP contribution in [0.2, 0.25) is 0 Å². The van der Waals surface area contributed by atoms with Gasteiger partial charge in [0, 0.05) is 5.41 Å². The second kappa shape index (κ2) is 4.32. The van der Waals surface area contributed by atoms with Crippen LogP contribution >= 0.6 is 0 Å². The van der Waals surface area contributed by atoms with E-state index < -0.39 is 23.0 Å². The average molecular weight is 302 g/mol. The van der Waals surface area contributed by atoms with Gasteiger partial charge >= 0.3 is 6.18 Å². The van der Waals surface area contributed by atoms with Gasteiger partial charge in [-0.1, -0.05) is 13.3 Å². The molecule has 0 saturated heterocycles. The maximum atomic E-state index is 14.3. The van der Waals surface area contributed by atoms with E-state index in [0.717, 1.165) is 17.1 Å². The zero-order chi connectivity index (χ0) is 15.4. The lowest BCUT2D eigenvalue weighted by Gasteiger charge is -2.41. The molecule has 0 spiro atoms. The molecule has 0 radical (unpaired) electrons. The minimum atomic E-state index is -4.78. The predicted octanol–water partition coefficient (Wildman–Crippen LogP) is 3.30. The summed E-state index contributed by atoms with van der Waals surface area (Å²) in [6.45, 7) is 1.81. The lowest BCUT2D eigenvalue weighted by molar-refractivity contribution is -0.141. The number of aromatic nitrogens is 3. The standard InChI is InChI=1S/C13H14F4N4/c1-2-12(4-3-5-12)10-8(13(15,16)17)9(14)7-6-19-11(18)20-21(7)10/h6H,2-5H2,1H3,(H2,18,20). The van der Waals surface area contributed by atoms with Crippen LogP contribution in [0.5, 0.6) is 0 Å². The molecular formula is C13H14F4N4. The van der Waals surface area contributed by atoms with Gasteiger partial charge in [-0.25, -0.2) is 13.9 Å². The van der Waals surface area contributed by atoms with Crippen LogP contribution in [0.4, 0.5) is 23.5 Å². The van der Waals surface area contributed by atoms with Crippen molar-refractivity contribution in [1.82, 2.24) is 14.6 Å². The van der Waals surface area contributed by atoms with Crippen LogP contribution in [0.15, 0.2) is 6.20 Å². The Morgan fingerprint density at radius 1 is 1.38 bits per heavy atom. The molecule has 0 aromatic carbocycles. The molecule has 1 saturated carbocycles. The Bertz CT molecular complexity index is 695. The zero-order valence-electron chi connectivity index (χ0n) is 11.3. The molecule has 1 fully saturated rings. The average Bonchev–Trinajstić information content (AvgIpc) is 2.62. The Balaban J connectivity index is 2.41. The topological polar surface area (TPSA) is 56.2 Å². The highest BCUT2D eigenvalue weighted by Gasteiger charge is 2.49. The fourth-order valence-corrected chi connectivity index (χ4v) is 3.13. The predicted molar refractivity (Wildman–Crippen MR) is 68.2 cm³/mol. The minimum absolute atomic E-state index is 0.120. The van der Waals surface area contributed by atoms with Gasteiger partial charge in [-0.15, -0.1) is 5.10 Å². The zero-order valence-corrected chi connectivity index (χ0v) is 11.3. The Hall–Kier alpha value is -1.86. The van der Waals surface area contributed by atoms with E-state index in [0.29, 0.717) is 19.3 Å². The van der Waals surface area contributed by atoms with Crippen molar-refractivity contribution < 1.29 is 17.6 Å². The van der Waals surface area contributed by atoms with Crippen LogP contribution in [0, 0.1) is 5.82 Å². The fourth-order valence-electron chi connectivity index (χ4n) is 3.13. The number of anilines is 1. The summed E-state index contributed by atoms with van der Waals surface area (Å²) in [5.74, 6) is -1.50. The Morgan fingerprint density at radius 3 is 2.52 bits per heavy atom. The number of rotatable bonds is 2. The molecule has 1 aliphatic carbocycles. The summed E-state index contributed by atoms with van der Waals surface area (Å²) in [6, 6.07) is 0. The van der Waals surface area contributed by atoms with Gasteiger partial charge < -0.3 is 5.73 Å². The number of hydrogen-bond donors (Lipinski definition) is 1. The molecule has 0 atom stereocenters. The monoisotopic (exact) mass is 302 g/mol. The molecule has 0 amide bonds. The summed E-state index contributed by atoms with van der Waals surface area (Å²) in [7, 11) is 0. The summed E-state index contributed by atoms with van der Waals surface area (Å²) in [6.07, 6.45) is -1.30. The van der Waals surface area contributed by atoms with Crippen LogP contribution in [-0.4, -0.2) is 14.6 Å². The third kappa shape index (κ3) is 1.88. The first kappa shape index (κ1) is 14.1. The van der Waals surface area contributed by atoms with E-state index in [9.17, 15) is 17.6 Å². The maximum absolute atomic E-state index is 14.3. The van der Waals surface area contributed by atoms with Crippen molar-refractivity contribution in [2.45, 2.75) is 44.2 Å². The molecule has 2 N–H and O–H groups in total. The first-order valence-corrected chi connectivity index (χ1v) is 6.70. The molecule has 0 bridgehead atoms. The van der Waals surface area contributed by atoms with E-state index in [1.807, 2.05) is 0 Å². The van der Waals surface area contributed by atoms with Crippen LogP contribution < -0.4 is 5.73 Å². The number of fused-ring (bicyclic) bond motifs is 1. The number of halogens is 4. The van der Waals surface area contributed by atoms with Gasteiger partial charge in [0.25, 0.3) is 0 Å². The number of nitrogens with two attached hydrogens (primary N) is 1. The largest absolute Gasteiger partial charge is 0.421 e. The summed E-state index contributed by atoms with van der Waals surface area (Å²) in [5.41, 5.74) is 3.12. The van der Waals surface area contributed by atoms with E-state index in [-0.39, 0.29) is 17.2 Å². The Labute approximate surface area is 118 Å². The molecule has 0 unspecified atom stereocenters. The van der Waals surface area contributed by atoms with Crippen molar-refractivity contribution in [2.24, 2.45) is 0 Å². The van der Waals surface area contributed by atoms with E-state index in [1.54, 1.807) is 6.92 Å². The highest BCUT2D eigenvalue weighted by atomic mass is 19.4. The normalized spacial score (nSPS) is 18.0. The van der Waals surface area contributed by atoms with E-state index in [2.05, 4.69) is 10.1 Å². The van der Waals surface area contributed by atoms with Gasteiger partial charge in [-0.2, -0.15) is 13.2 Å². The first-order chi connectivity index (χ1) is 9.80. The molecule has 4 nitrogen and oxygen atoms in total. The van der Waals surface area contributed by atoms with Crippen LogP contribution in [-0.2, 0) is 11.6 Å².